The maximum Gasteiger partial charge on any atom is 0.341 e. The van der Waals surface area contributed by atoms with E-state index < -0.39 is 23.5 Å². The zero-order chi connectivity index (χ0) is 18.6. The lowest BCUT2D eigenvalue weighted by molar-refractivity contribution is -0.143. The van der Waals surface area contributed by atoms with Crippen LogP contribution in [0.1, 0.15) is 49.4 Å². The van der Waals surface area contributed by atoms with Crippen molar-refractivity contribution in [2.75, 3.05) is 12.8 Å². The standard InChI is InChI=1S/C18H22ClN3O3/c1-12(25-17(24)14-7-6-13(19)10-15(14)21)16(23)22(2)18(11-20)8-4-3-5-9-18/h6-7,10,12H,3-5,8-9,21H2,1-2H3/t12-/m0/s1. The molecule has 1 saturated carbocycles. The normalized spacial score (nSPS) is 17.2. The molecule has 2 N–H and O–H groups in total. The highest BCUT2D eigenvalue weighted by atomic mass is 35.5. The van der Waals surface area contributed by atoms with Crippen molar-refractivity contribution in [2.45, 2.75) is 50.7 Å². The van der Waals surface area contributed by atoms with Crippen LogP contribution in [0.15, 0.2) is 18.2 Å². The molecule has 0 heterocycles. The van der Waals surface area contributed by atoms with Gasteiger partial charge in [0.15, 0.2) is 6.10 Å². The van der Waals surface area contributed by atoms with Gasteiger partial charge in [-0.3, -0.25) is 4.79 Å². The van der Waals surface area contributed by atoms with Crippen LogP contribution in [-0.2, 0) is 9.53 Å². The lowest BCUT2D eigenvalue weighted by Crippen LogP contribution is -2.53. The molecule has 1 amide bonds. The number of hydrogen-bond acceptors (Lipinski definition) is 5. The number of likely N-dealkylation sites (N-methyl/N-ethyl adjacent to an activating group) is 1. The first-order valence-corrected chi connectivity index (χ1v) is 8.63. The number of carbonyl (C=O) groups is 2. The maximum atomic E-state index is 12.7. The monoisotopic (exact) mass is 363 g/mol. The van der Waals surface area contributed by atoms with Crippen molar-refractivity contribution < 1.29 is 14.3 Å². The molecule has 2 rings (SSSR count). The summed E-state index contributed by atoms with van der Waals surface area (Å²) in [5, 5.41) is 9.99. The summed E-state index contributed by atoms with van der Waals surface area (Å²) in [6.07, 6.45) is 3.12. The molecule has 0 spiro atoms. The minimum Gasteiger partial charge on any atom is -0.449 e. The Morgan fingerprint density at radius 3 is 2.56 bits per heavy atom. The predicted molar refractivity (Wildman–Crippen MR) is 94.9 cm³/mol. The van der Waals surface area contributed by atoms with Crippen LogP contribution in [0.2, 0.25) is 5.02 Å². The molecule has 1 aliphatic rings. The predicted octanol–water partition coefficient (Wildman–Crippen LogP) is 3.15. The molecule has 1 atom stereocenters. The summed E-state index contributed by atoms with van der Waals surface area (Å²) in [7, 11) is 1.60. The zero-order valence-electron chi connectivity index (χ0n) is 14.4. The molecule has 0 bridgehead atoms. The minimum atomic E-state index is -1.01. The molecule has 0 unspecified atom stereocenters. The number of amides is 1. The van der Waals surface area contributed by atoms with Crippen molar-refractivity contribution in [1.29, 1.82) is 5.26 Å². The summed E-state index contributed by atoms with van der Waals surface area (Å²) in [4.78, 5) is 26.3. The van der Waals surface area contributed by atoms with Gasteiger partial charge in [-0.1, -0.05) is 30.9 Å². The summed E-state index contributed by atoms with van der Waals surface area (Å²) in [5.74, 6) is -1.09. The van der Waals surface area contributed by atoms with Gasteiger partial charge >= 0.3 is 5.97 Å². The van der Waals surface area contributed by atoms with Gasteiger partial charge in [0.1, 0.15) is 5.54 Å². The number of carbonyl (C=O) groups excluding carboxylic acids is 2. The highest BCUT2D eigenvalue weighted by molar-refractivity contribution is 6.31. The fraction of sp³-hybridized carbons (Fsp3) is 0.500. The first-order valence-electron chi connectivity index (χ1n) is 8.25. The summed E-state index contributed by atoms with van der Waals surface area (Å²) >= 11 is 5.81. The van der Waals surface area contributed by atoms with Crippen molar-refractivity contribution in [1.82, 2.24) is 4.90 Å². The van der Waals surface area contributed by atoms with Gasteiger partial charge in [0.05, 0.1) is 11.6 Å². The summed E-state index contributed by atoms with van der Waals surface area (Å²) < 4.78 is 5.26. The van der Waals surface area contributed by atoms with Gasteiger partial charge in [0, 0.05) is 17.8 Å². The summed E-state index contributed by atoms with van der Waals surface area (Å²) in [6.45, 7) is 1.50. The van der Waals surface area contributed by atoms with E-state index in [4.69, 9.17) is 22.1 Å². The quantitative estimate of drug-likeness (QED) is 0.654. The second-order valence-electron chi connectivity index (χ2n) is 6.38. The van der Waals surface area contributed by atoms with Crippen LogP contribution in [0.5, 0.6) is 0 Å². The largest absolute Gasteiger partial charge is 0.449 e. The van der Waals surface area contributed by atoms with Gasteiger partial charge in [-0.05, 0) is 38.0 Å². The third kappa shape index (κ3) is 4.05. The van der Waals surface area contributed by atoms with Crippen LogP contribution < -0.4 is 5.73 Å². The number of esters is 1. The molecule has 1 aromatic carbocycles. The molecule has 0 aliphatic heterocycles. The van der Waals surface area contributed by atoms with Crippen molar-refractivity contribution in [3.8, 4) is 6.07 Å². The number of nitriles is 1. The summed E-state index contributed by atoms with van der Waals surface area (Å²) in [6, 6.07) is 6.72. The number of ether oxygens (including phenoxy) is 1. The molecular weight excluding hydrogens is 342 g/mol. The van der Waals surface area contributed by atoms with Gasteiger partial charge in [0.2, 0.25) is 0 Å². The Hall–Kier alpha value is -2.26. The molecule has 1 aliphatic carbocycles. The van der Waals surface area contributed by atoms with E-state index in [9.17, 15) is 14.9 Å². The molecule has 134 valence electrons. The number of rotatable bonds is 4. The van der Waals surface area contributed by atoms with E-state index in [2.05, 4.69) is 6.07 Å². The first kappa shape index (κ1) is 19.1. The number of halogens is 1. The minimum absolute atomic E-state index is 0.152. The Morgan fingerprint density at radius 1 is 1.36 bits per heavy atom. The highest BCUT2D eigenvalue weighted by Crippen LogP contribution is 2.33. The Labute approximate surface area is 152 Å². The number of benzene rings is 1. The van der Waals surface area contributed by atoms with E-state index in [-0.39, 0.29) is 11.3 Å². The number of nitrogens with two attached hydrogens (primary N) is 1. The Balaban J connectivity index is 2.09. The fourth-order valence-corrected chi connectivity index (χ4v) is 3.32. The number of hydrogen-bond donors (Lipinski definition) is 1. The van der Waals surface area contributed by atoms with Gasteiger partial charge in [0.25, 0.3) is 5.91 Å². The molecular formula is C18H22ClN3O3. The summed E-state index contributed by atoms with van der Waals surface area (Å²) in [5.41, 5.74) is 5.28. The second-order valence-corrected chi connectivity index (χ2v) is 6.82. The third-order valence-corrected chi connectivity index (χ3v) is 4.96. The van der Waals surface area contributed by atoms with Crippen molar-refractivity contribution in [2.24, 2.45) is 0 Å². The Bertz CT molecular complexity index is 708. The van der Waals surface area contributed by atoms with E-state index in [1.165, 1.54) is 30.0 Å². The van der Waals surface area contributed by atoms with Crippen LogP contribution in [0.25, 0.3) is 0 Å². The van der Waals surface area contributed by atoms with Crippen LogP contribution in [-0.4, -0.2) is 35.5 Å². The topological polar surface area (TPSA) is 96.4 Å². The lowest BCUT2D eigenvalue weighted by atomic mass is 9.81. The molecule has 0 radical (unpaired) electrons. The molecule has 25 heavy (non-hydrogen) atoms. The van der Waals surface area contributed by atoms with Gasteiger partial charge in [-0.25, -0.2) is 4.79 Å². The molecule has 1 fully saturated rings. The number of nitrogens with zero attached hydrogens (tertiary/aromatic N) is 2. The van der Waals surface area contributed by atoms with Crippen LogP contribution in [0.4, 0.5) is 5.69 Å². The maximum absolute atomic E-state index is 12.7. The Kier molecular flexibility index (Phi) is 5.91. The van der Waals surface area contributed by atoms with E-state index in [1.54, 1.807) is 7.05 Å². The van der Waals surface area contributed by atoms with Crippen LogP contribution in [0, 0.1) is 11.3 Å². The van der Waals surface area contributed by atoms with Gasteiger partial charge < -0.3 is 15.4 Å². The van der Waals surface area contributed by atoms with Crippen molar-refractivity contribution in [3.05, 3.63) is 28.8 Å². The van der Waals surface area contributed by atoms with E-state index in [1.807, 2.05) is 0 Å². The second kappa shape index (κ2) is 7.75. The third-order valence-electron chi connectivity index (χ3n) is 4.73. The van der Waals surface area contributed by atoms with Gasteiger partial charge in [-0.15, -0.1) is 0 Å². The molecule has 7 heteroatoms. The van der Waals surface area contributed by atoms with Crippen molar-refractivity contribution >= 4 is 29.2 Å². The van der Waals surface area contributed by atoms with Crippen LogP contribution in [0.3, 0.4) is 0 Å². The Morgan fingerprint density at radius 2 is 2.00 bits per heavy atom. The molecule has 1 aromatic rings. The van der Waals surface area contributed by atoms with Gasteiger partial charge in [-0.2, -0.15) is 5.26 Å². The van der Waals surface area contributed by atoms with Crippen molar-refractivity contribution in [3.63, 3.8) is 0 Å². The molecule has 0 aromatic heterocycles. The SMILES string of the molecule is C[C@H](OC(=O)c1ccc(Cl)cc1N)C(=O)N(C)C1(C#N)CCCCC1. The van der Waals surface area contributed by atoms with E-state index in [0.717, 1.165) is 19.3 Å². The number of anilines is 1. The average molecular weight is 364 g/mol. The van der Waals surface area contributed by atoms with Crippen LogP contribution >= 0.6 is 11.6 Å². The smallest absolute Gasteiger partial charge is 0.341 e. The highest BCUT2D eigenvalue weighted by Gasteiger charge is 2.40. The molecule has 6 nitrogen and oxygen atoms in total. The zero-order valence-corrected chi connectivity index (χ0v) is 15.2. The molecule has 0 saturated heterocycles. The van der Waals surface area contributed by atoms with E-state index in [0.29, 0.717) is 17.9 Å². The fourth-order valence-electron chi connectivity index (χ4n) is 3.14. The lowest BCUT2D eigenvalue weighted by Gasteiger charge is -2.39. The average Bonchev–Trinajstić information content (AvgIpc) is 2.60. The number of nitrogen functional groups attached to an aromatic ring is 1. The first-order chi connectivity index (χ1) is 11.8. The van der Waals surface area contributed by atoms with E-state index >= 15 is 0 Å².